The molecule has 0 N–H and O–H groups in total. The first-order valence-electron chi connectivity index (χ1n) is 5.15. The van der Waals surface area contributed by atoms with Gasteiger partial charge in [0.2, 0.25) is 0 Å². The van der Waals surface area contributed by atoms with Gasteiger partial charge in [0, 0.05) is 24.8 Å². The van der Waals surface area contributed by atoms with E-state index in [0.717, 1.165) is 0 Å². The molecule has 0 unspecified atom stereocenters. The van der Waals surface area contributed by atoms with Crippen LogP contribution in [0, 0.1) is 0 Å². The Kier molecular flexibility index (Phi) is 6.23. The predicted octanol–water partition coefficient (Wildman–Crippen LogP) is 4.31. The number of hydrogen-bond acceptors (Lipinski definition) is 2. The molecule has 0 fully saturated rings. The maximum absolute atomic E-state index is 5.51. The van der Waals surface area contributed by atoms with Crippen molar-refractivity contribution in [2.24, 2.45) is 0 Å². The molecule has 5 heteroatoms. The molecule has 2 nitrogen and oxygen atoms in total. The van der Waals surface area contributed by atoms with Crippen LogP contribution in [0.1, 0.15) is 0 Å². The maximum atomic E-state index is 5.51. The van der Waals surface area contributed by atoms with Gasteiger partial charge in [0.1, 0.15) is 0 Å². The first kappa shape index (κ1) is 14.7. The van der Waals surface area contributed by atoms with E-state index in [0.29, 0.717) is 0 Å². The third-order valence-electron chi connectivity index (χ3n) is 1.69. The topological polar surface area (TPSA) is 25.8 Å². The average Bonchev–Trinajstić information content (AvgIpc) is 2.29. The Balaban J connectivity index is 0.000000249. The first-order chi connectivity index (χ1) is 7.97. The molecule has 0 aliphatic heterocycles. The number of pyridine rings is 2. The minimum atomic E-state index is -2.24. The number of aromatic nitrogens is 2. The van der Waals surface area contributed by atoms with Crippen molar-refractivity contribution in [2.75, 3.05) is 0 Å². The van der Waals surface area contributed by atoms with Crippen LogP contribution in [-0.2, 0) is 0 Å². The van der Waals surface area contributed by atoms with Crippen molar-refractivity contribution in [2.45, 2.75) is 9.88 Å². The maximum Gasteiger partial charge on any atom is 0.0273 e. The van der Waals surface area contributed by atoms with Crippen molar-refractivity contribution in [1.82, 2.24) is 9.97 Å². The van der Waals surface area contributed by atoms with Gasteiger partial charge in [-0.15, -0.1) is 0 Å². The number of halogens is 2. The molecule has 0 aromatic carbocycles. The summed E-state index contributed by atoms with van der Waals surface area (Å²) in [5, 5.41) is 0. The molecular formula is C12H14Cl2N2Sn. The van der Waals surface area contributed by atoms with Gasteiger partial charge in [-0.2, -0.15) is 0 Å². The van der Waals surface area contributed by atoms with Crippen LogP contribution in [0.4, 0.5) is 0 Å². The van der Waals surface area contributed by atoms with Gasteiger partial charge < -0.3 is 0 Å². The van der Waals surface area contributed by atoms with Crippen molar-refractivity contribution in [3.8, 4) is 11.1 Å². The van der Waals surface area contributed by atoms with Crippen LogP contribution in [0.25, 0.3) is 11.1 Å². The fraction of sp³-hybridized carbons (Fsp3) is 0.167. The summed E-state index contributed by atoms with van der Waals surface area (Å²) < 4.78 is 0. The fourth-order valence-corrected chi connectivity index (χ4v) is 1.09. The third-order valence-corrected chi connectivity index (χ3v) is 1.69. The molecule has 0 atom stereocenters. The van der Waals surface area contributed by atoms with E-state index in [1.54, 1.807) is 24.8 Å². The largest absolute Gasteiger partial charge is 0.265 e. The van der Waals surface area contributed by atoms with E-state index in [1.165, 1.54) is 11.1 Å². The van der Waals surface area contributed by atoms with Crippen LogP contribution in [0.15, 0.2) is 49.1 Å². The summed E-state index contributed by atoms with van der Waals surface area (Å²) in [7, 11) is 11.0. The zero-order chi connectivity index (χ0) is 12.7. The summed E-state index contributed by atoms with van der Waals surface area (Å²) in [6.07, 6.45) is 7.15. The molecule has 2 aromatic heterocycles. The summed E-state index contributed by atoms with van der Waals surface area (Å²) in [6, 6.07) is 7.93. The molecule has 0 aliphatic carbocycles. The molecule has 90 valence electrons. The van der Waals surface area contributed by atoms with Gasteiger partial charge in [-0.1, -0.05) is 0 Å². The van der Waals surface area contributed by atoms with Gasteiger partial charge in [0.15, 0.2) is 0 Å². The second kappa shape index (κ2) is 7.19. The summed E-state index contributed by atoms with van der Waals surface area (Å²) in [4.78, 5) is 11.8. The Morgan fingerprint density at radius 2 is 1.00 bits per heavy atom. The van der Waals surface area contributed by atoms with Gasteiger partial charge in [-0.25, -0.2) is 0 Å². The van der Waals surface area contributed by atoms with E-state index in [2.05, 4.69) is 9.97 Å². The normalized spacial score (nSPS) is 10.4. The van der Waals surface area contributed by atoms with Crippen molar-refractivity contribution in [3.05, 3.63) is 49.1 Å². The zero-order valence-corrected chi connectivity index (χ0v) is 14.1. The summed E-state index contributed by atoms with van der Waals surface area (Å²) >= 11 is -2.24. The molecule has 2 heterocycles. The van der Waals surface area contributed by atoms with Crippen LogP contribution in [0.5, 0.6) is 0 Å². The monoisotopic (exact) mass is 376 g/mol. The summed E-state index contributed by atoms with van der Waals surface area (Å²) in [6.45, 7) is 0. The Bertz CT molecular complexity index is 386. The Morgan fingerprint density at radius 3 is 1.24 bits per heavy atom. The molecule has 0 aliphatic rings. The molecule has 0 saturated heterocycles. The SMILES string of the molecule is [CH3][Sn]([CH3])([Cl])[Cl].c1cc(-c2ccncc2)ccn1. The minimum Gasteiger partial charge on any atom is -0.265 e. The van der Waals surface area contributed by atoms with E-state index in [1.807, 2.05) is 34.1 Å². The minimum absolute atomic E-state index is 1.17. The Hall–Kier alpha value is -0.321. The second-order valence-corrected chi connectivity index (χ2v) is 25.4. The molecule has 0 radical (unpaired) electrons. The molecular weight excluding hydrogens is 362 g/mol. The van der Waals surface area contributed by atoms with E-state index in [9.17, 15) is 0 Å². The Labute approximate surface area is 113 Å². The average molecular weight is 376 g/mol. The standard InChI is InChI=1S/C10H8N2.2CH3.2ClH.Sn/c1-5-11-6-2-9(1)10-3-7-12-8-4-10;;;;;/h1-8H;2*1H3;2*1H;/q;;;;;+2/p-2. The molecule has 2 aromatic rings. The summed E-state index contributed by atoms with van der Waals surface area (Å²) in [5.41, 5.74) is 2.35. The molecule has 17 heavy (non-hydrogen) atoms. The van der Waals surface area contributed by atoms with Gasteiger partial charge >= 0.3 is 43.8 Å². The number of rotatable bonds is 1. The van der Waals surface area contributed by atoms with Crippen LogP contribution in [0.2, 0.25) is 9.88 Å². The van der Waals surface area contributed by atoms with Crippen molar-refractivity contribution >= 4 is 34.0 Å². The summed E-state index contributed by atoms with van der Waals surface area (Å²) in [5.74, 6) is 0. The van der Waals surface area contributed by atoms with E-state index in [-0.39, 0.29) is 0 Å². The predicted molar refractivity (Wildman–Crippen MR) is 76.7 cm³/mol. The van der Waals surface area contributed by atoms with Gasteiger partial charge in [-0.3, -0.25) is 9.97 Å². The second-order valence-electron chi connectivity index (χ2n) is 3.80. The number of hydrogen-bond donors (Lipinski definition) is 0. The smallest absolute Gasteiger partial charge is 0.0273 e. The Morgan fingerprint density at radius 1 is 0.765 bits per heavy atom. The van der Waals surface area contributed by atoms with Gasteiger partial charge in [0.05, 0.1) is 0 Å². The van der Waals surface area contributed by atoms with Crippen LogP contribution >= 0.6 is 17.8 Å². The fourth-order valence-electron chi connectivity index (χ4n) is 1.09. The molecule has 0 amide bonds. The van der Waals surface area contributed by atoms with E-state index >= 15 is 0 Å². The van der Waals surface area contributed by atoms with Crippen molar-refractivity contribution in [1.29, 1.82) is 0 Å². The van der Waals surface area contributed by atoms with Crippen molar-refractivity contribution < 1.29 is 0 Å². The van der Waals surface area contributed by atoms with Gasteiger partial charge in [-0.05, 0) is 35.4 Å². The molecule has 0 bridgehead atoms. The van der Waals surface area contributed by atoms with Crippen LogP contribution in [-0.4, -0.2) is 26.1 Å². The van der Waals surface area contributed by atoms with Gasteiger partial charge in [0.25, 0.3) is 0 Å². The van der Waals surface area contributed by atoms with E-state index in [4.69, 9.17) is 17.8 Å². The first-order valence-corrected chi connectivity index (χ1v) is 18.1. The van der Waals surface area contributed by atoms with Crippen molar-refractivity contribution in [3.63, 3.8) is 0 Å². The van der Waals surface area contributed by atoms with Crippen LogP contribution in [0.3, 0.4) is 0 Å². The molecule has 2 rings (SSSR count). The quantitative estimate of drug-likeness (QED) is 0.694. The molecule has 0 saturated carbocycles. The zero-order valence-electron chi connectivity index (χ0n) is 9.77. The number of nitrogens with zero attached hydrogens (tertiary/aromatic N) is 2. The van der Waals surface area contributed by atoms with Crippen LogP contribution < -0.4 is 0 Å². The third kappa shape index (κ3) is 7.58. The molecule has 0 spiro atoms. The van der Waals surface area contributed by atoms with E-state index < -0.39 is 16.1 Å².